The minimum Gasteiger partial charge on any atom is -0.295 e. The Bertz CT molecular complexity index is 256. The van der Waals surface area contributed by atoms with Crippen LogP contribution in [0.4, 0.5) is 0 Å². The summed E-state index contributed by atoms with van der Waals surface area (Å²) in [5, 5.41) is 0. The highest BCUT2D eigenvalue weighted by molar-refractivity contribution is 5.98. The molecule has 1 aliphatic carbocycles. The van der Waals surface area contributed by atoms with E-state index in [9.17, 15) is 4.79 Å². The summed E-state index contributed by atoms with van der Waals surface area (Å²) in [6.45, 7) is 6.17. The second-order valence-corrected chi connectivity index (χ2v) is 3.49. The maximum atomic E-state index is 11.4. The van der Waals surface area contributed by atoms with Crippen molar-refractivity contribution < 1.29 is 4.79 Å². The summed E-state index contributed by atoms with van der Waals surface area (Å²) in [5.74, 6) is 0.355. The first kappa shape index (κ1) is 9.24. The van der Waals surface area contributed by atoms with Crippen LogP contribution < -0.4 is 0 Å². The summed E-state index contributed by atoms with van der Waals surface area (Å²) < 4.78 is 0. The Morgan fingerprint density at radius 1 is 1.50 bits per heavy atom. The van der Waals surface area contributed by atoms with Gasteiger partial charge in [-0.3, -0.25) is 4.79 Å². The van der Waals surface area contributed by atoms with Gasteiger partial charge in [0.25, 0.3) is 0 Å². The summed E-state index contributed by atoms with van der Waals surface area (Å²) in [6.07, 6.45) is 4.65. The van der Waals surface area contributed by atoms with Gasteiger partial charge in [0.2, 0.25) is 0 Å². The van der Waals surface area contributed by atoms with Crippen LogP contribution in [0, 0.1) is 0 Å². The molecule has 0 aliphatic heterocycles. The molecular formula is C11H16O. The van der Waals surface area contributed by atoms with Gasteiger partial charge in [0.05, 0.1) is 0 Å². The number of allylic oxidation sites excluding steroid dienone is 4. The molecule has 0 unspecified atom stereocenters. The Hall–Kier alpha value is -0.850. The largest absolute Gasteiger partial charge is 0.295 e. The zero-order chi connectivity index (χ0) is 9.14. The van der Waals surface area contributed by atoms with Gasteiger partial charge in [0.1, 0.15) is 0 Å². The first-order valence-electron chi connectivity index (χ1n) is 4.48. The first-order valence-corrected chi connectivity index (χ1v) is 4.48. The molecule has 0 aromatic carbocycles. The predicted molar refractivity (Wildman–Crippen MR) is 51.0 cm³/mol. The van der Waals surface area contributed by atoms with E-state index < -0.39 is 0 Å². The van der Waals surface area contributed by atoms with Crippen molar-refractivity contribution in [1.82, 2.24) is 0 Å². The van der Waals surface area contributed by atoms with Crippen LogP contribution in [0.3, 0.4) is 0 Å². The molecule has 0 fully saturated rings. The monoisotopic (exact) mass is 164 g/mol. The third-order valence-electron chi connectivity index (χ3n) is 2.53. The van der Waals surface area contributed by atoms with E-state index in [1.54, 1.807) is 0 Å². The van der Waals surface area contributed by atoms with Gasteiger partial charge in [0.15, 0.2) is 5.78 Å². The molecule has 0 radical (unpaired) electrons. The average molecular weight is 164 g/mol. The SMILES string of the molecule is C/C=C(/C)CC1=C(C)CCC1=O. The fourth-order valence-electron chi connectivity index (χ4n) is 1.47. The Balaban J connectivity index is 2.74. The summed E-state index contributed by atoms with van der Waals surface area (Å²) in [6, 6.07) is 0. The number of Topliss-reactive ketones (excluding diaryl/α,β-unsaturated/α-hetero) is 1. The molecule has 0 saturated heterocycles. The maximum Gasteiger partial charge on any atom is 0.159 e. The smallest absolute Gasteiger partial charge is 0.159 e. The van der Waals surface area contributed by atoms with E-state index in [-0.39, 0.29) is 0 Å². The molecule has 12 heavy (non-hydrogen) atoms. The van der Waals surface area contributed by atoms with E-state index >= 15 is 0 Å². The molecule has 0 saturated carbocycles. The second-order valence-electron chi connectivity index (χ2n) is 3.49. The van der Waals surface area contributed by atoms with Crippen molar-refractivity contribution in [3.05, 3.63) is 22.8 Å². The minimum absolute atomic E-state index is 0.355. The molecular weight excluding hydrogens is 148 g/mol. The van der Waals surface area contributed by atoms with Crippen molar-refractivity contribution in [1.29, 1.82) is 0 Å². The molecule has 0 amide bonds. The van der Waals surface area contributed by atoms with Gasteiger partial charge < -0.3 is 0 Å². The van der Waals surface area contributed by atoms with Crippen LogP contribution >= 0.6 is 0 Å². The Kier molecular flexibility index (Phi) is 2.85. The standard InChI is InChI=1S/C11H16O/c1-4-8(2)7-10-9(3)5-6-11(10)12/h4H,5-7H2,1-3H3/b8-4-. The zero-order valence-electron chi connectivity index (χ0n) is 8.11. The van der Waals surface area contributed by atoms with Crippen LogP contribution in [0.25, 0.3) is 0 Å². The fourth-order valence-corrected chi connectivity index (χ4v) is 1.47. The molecule has 0 atom stereocenters. The van der Waals surface area contributed by atoms with Crippen molar-refractivity contribution >= 4 is 5.78 Å². The predicted octanol–water partition coefficient (Wildman–Crippen LogP) is 3.02. The molecule has 66 valence electrons. The van der Waals surface area contributed by atoms with Gasteiger partial charge in [-0.1, -0.05) is 17.2 Å². The molecule has 0 spiro atoms. The number of carbonyl (C=O) groups is 1. The topological polar surface area (TPSA) is 17.1 Å². The Morgan fingerprint density at radius 3 is 2.58 bits per heavy atom. The van der Waals surface area contributed by atoms with Crippen LogP contribution in [-0.2, 0) is 4.79 Å². The number of ketones is 1. The summed E-state index contributed by atoms with van der Waals surface area (Å²) in [7, 11) is 0. The molecule has 1 heteroatoms. The highest BCUT2D eigenvalue weighted by atomic mass is 16.1. The quantitative estimate of drug-likeness (QED) is 0.573. The van der Waals surface area contributed by atoms with E-state index in [4.69, 9.17) is 0 Å². The number of hydrogen-bond donors (Lipinski definition) is 0. The van der Waals surface area contributed by atoms with Crippen molar-refractivity contribution in [2.75, 3.05) is 0 Å². The number of rotatable bonds is 2. The van der Waals surface area contributed by atoms with Gasteiger partial charge >= 0.3 is 0 Å². The summed E-state index contributed by atoms with van der Waals surface area (Å²) in [4.78, 5) is 11.4. The van der Waals surface area contributed by atoms with Gasteiger partial charge in [-0.2, -0.15) is 0 Å². The normalized spacial score (nSPS) is 19.2. The molecule has 0 heterocycles. The van der Waals surface area contributed by atoms with Crippen molar-refractivity contribution in [3.8, 4) is 0 Å². The van der Waals surface area contributed by atoms with Crippen LogP contribution in [-0.4, -0.2) is 5.78 Å². The van der Waals surface area contributed by atoms with Crippen LogP contribution in [0.5, 0.6) is 0 Å². The lowest BCUT2D eigenvalue weighted by Gasteiger charge is -2.01. The van der Waals surface area contributed by atoms with E-state index in [1.807, 2.05) is 6.92 Å². The van der Waals surface area contributed by atoms with Crippen LogP contribution in [0.15, 0.2) is 22.8 Å². The molecule has 0 aromatic rings. The Morgan fingerprint density at radius 2 is 2.17 bits per heavy atom. The number of hydrogen-bond acceptors (Lipinski definition) is 1. The molecule has 0 bridgehead atoms. The van der Waals surface area contributed by atoms with Gasteiger partial charge in [0, 0.05) is 6.42 Å². The maximum absolute atomic E-state index is 11.4. The third kappa shape index (κ3) is 1.84. The summed E-state index contributed by atoms with van der Waals surface area (Å²) in [5.41, 5.74) is 3.64. The second kappa shape index (κ2) is 3.70. The summed E-state index contributed by atoms with van der Waals surface area (Å²) >= 11 is 0. The highest BCUT2D eigenvalue weighted by Crippen LogP contribution is 2.26. The van der Waals surface area contributed by atoms with E-state index in [0.717, 1.165) is 24.8 Å². The van der Waals surface area contributed by atoms with Gasteiger partial charge in [-0.15, -0.1) is 0 Å². The molecule has 1 nitrogen and oxygen atoms in total. The first-order chi connectivity index (χ1) is 5.65. The zero-order valence-corrected chi connectivity index (χ0v) is 8.11. The Labute approximate surface area is 74.2 Å². The van der Waals surface area contributed by atoms with Crippen LogP contribution in [0.2, 0.25) is 0 Å². The lowest BCUT2D eigenvalue weighted by atomic mass is 10.0. The molecule has 0 N–H and O–H groups in total. The lowest BCUT2D eigenvalue weighted by Crippen LogP contribution is -1.96. The van der Waals surface area contributed by atoms with Crippen LogP contribution in [0.1, 0.15) is 40.0 Å². The minimum atomic E-state index is 0.355. The van der Waals surface area contributed by atoms with Gasteiger partial charge in [-0.25, -0.2) is 0 Å². The van der Waals surface area contributed by atoms with Crippen molar-refractivity contribution in [3.63, 3.8) is 0 Å². The lowest BCUT2D eigenvalue weighted by molar-refractivity contribution is -0.115. The highest BCUT2D eigenvalue weighted by Gasteiger charge is 2.19. The van der Waals surface area contributed by atoms with E-state index in [2.05, 4.69) is 19.9 Å². The molecule has 1 aliphatic rings. The van der Waals surface area contributed by atoms with E-state index in [0.29, 0.717) is 5.78 Å². The average Bonchev–Trinajstić information content (AvgIpc) is 2.35. The van der Waals surface area contributed by atoms with Gasteiger partial charge in [-0.05, 0) is 39.2 Å². The molecule has 1 rings (SSSR count). The third-order valence-corrected chi connectivity index (χ3v) is 2.53. The number of carbonyl (C=O) groups excluding carboxylic acids is 1. The molecule has 0 aromatic heterocycles. The fraction of sp³-hybridized carbons (Fsp3) is 0.545. The van der Waals surface area contributed by atoms with Crippen molar-refractivity contribution in [2.24, 2.45) is 0 Å². The van der Waals surface area contributed by atoms with E-state index in [1.165, 1.54) is 11.1 Å². The van der Waals surface area contributed by atoms with Crippen molar-refractivity contribution in [2.45, 2.75) is 40.0 Å².